The molecule has 196 valence electrons. The summed E-state index contributed by atoms with van der Waals surface area (Å²) in [5.74, 6) is 0.489. The van der Waals surface area contributed by atoms with Crippen LogP contribution >= 0.6 is 0 Å². The molecule has 0 saturated carbocycles. The molecule has 2 amide bonds. The highest BCUT2D eigenvalue weighted by Gasteiger charge is 2.26. The predicted octanol–water partition coefficient (Wildman–Crippen LogP) is 4.25. The van der Waals surface area contributed by atoms with Crippen LogP contribution in [0.15, 0.2) is 24.3 Å². The topological polar surface area (TPSA) is 47.1 Å². The van der Waals surface area contributed by atoms with Crippen molar-refractivity contribution in [2.75, 3.05) is 66.0 Å². The molecule has 0 radical (unpaired) electrons. The zero-order valence-electron chi connectivity index (χ0n) is 22.7. The van der Waals surface area contributed by atoms with Crippen molar-refractivity contribution in [3.63, 3.8) is 0 Å². The lowest BCUT2D eigenvalue weighted by Crippen LogP contribution is -2.49. The van der Waals surface area contributed by atoms with Gasteiger partial charge in [-0.05, 0) is 49.5 Å². The highest BCUT2D eigenvalue weighted by molar-refractivity contribution is 5.94. The smallest absolute Gasteiger partial charge is 0.253 e. The Morgan fingerprint density at radius 1 is 0.800 bits per heavy atom. The van der Waals surface area contributed by atoms with Crippen LogP contribution in [0.2, 0.25) is 0 Å². The molecule has 3 rings (SSSR count). The van der Waals surface area contributed by atoms with Crippen molar-refractivity contribution in [1.29, 1.82) is 0 Å². The molecule has 1 aromatic carbocycles. The molecule has 6 heteroatoms. The van der Waals surface area contributed by atoms with Crippen molar-refractivity contribution >= 4 is 11.8 Å². The maximum Gasteiger partial charge on any atom is 0.253 e. The van der Waals surface area contributed by atoms with Gasteiger partial charge in [-0.15, -0.1) is 0 Å². The molecule has 2 aliphatic rings. The van der Waals surface area contributed by atoms with Crippen LogP contribution in [0.25, 0.3) is 0 Å². The number of rotatable bonds is 11. The second kappa shape index (κ2) is 13.4. The van der Waals surface area contributed by atoms with Gasteiger partial charge in [0.2, 0.25) is 5.91 Å². The Labute approximate surface area is 213 Å². The van der Waals surface area contributed by atoms with Gasteiger partial charge < -0.3 is 14.7 Å². The summed E-state index contributed by atoms with van der Waals surface area (Å²) >= 11 is 0. The van der Waals surface area contributed by atoms with E-state index in [1.54, 1.807) is 0 Å². The minimum atomic E-state index is 0.0425. The number of benzene rings is 1. The summed E-state index contributed by atoms with van der Waals surface area (Å²) in [5.41, 5.74) is 2.12. The van der Waals surface area contributed by atoms with Gasteiger partial charge in [0.25, 0.3) is 5.91 Å². The monoisotopic (exact) mass is 484 g/mol. The third-order valence-corrected chi connectivity index (χ3v) is 7.98. The molecular weight excluding hydrogens is 436 g/mol. The van der Waals surface area contributed by atoms with Gasteiger partial charge in [0, 0.05) is 64.3 Å². The lowest BCUT2D eigenvalue weighted by molar-refractivity contribution is -0.133. The van der Waals surface area contributed by atoms with E-state index in [2.05, 4.69) is 54.7 Å². The molecule has 0 aromatic heterocycles. The quantitative estimate of drug-likeness (QED) is 0.441. The van der Waals surface area contributed by atoms with E-state index < -0.39 is 0 Å². The van der Waals surface area contributed by atoms with Gasteiger partial charge in [0.1, 0.15) is 0 Å². The Morgan fingerprint density at radius 2 is 1.40 bits per heavy atom. The molecule has 2 heterocycles. The summed E-state index contributed by atoms with van der Waals surface area (Å²) in [5, 5.41) is 0. The second-order valence-corrected chi connectivity index (χ2v) is 11.2. The first-order valence-electron chi connectivity index (χ1n) is 13.9. The van der Waals surface area contributed by atoms with Crippen molar-refractivity contribution in [2.45, 2.75) is 71.1 Å². The molecule has 2 fully saturated rings. The van der Waals surface area contributed by atoms with Gasteiger partial charge in [0.15, 0.2) is 0 Å². The number of hydrogen-bond acceptors (Lipinski definition) is 4. The Kier molecular flexibility index (Phi) is 10.6. The summed E-state index contributed by atoms with van der Waals surface area (Å²) in [6, 6.07) is 8.29. The van der Waals surface area contributed by atoms with Gasteiger partial charge in [-0.2, -0.15) is 0 Å². The summed E-state index contributed by atoms with van der Waals surface area (Å²) in [6.07, 6.45) is 7.76. The second-order valence-electron chi connectivity index (χ2n) is 11.2. The minimum Gasteiger partial charge on any atom is -0.340 e. The molecule has 0 bridgehead atoms. The average molecular weight is 485 g/mol. The number of carbonyl (C=O) groups is 2. The van der Waals surface area contributed by atoms with Crippen molar-refractivity contribution < 1.29 is 9.59 Å². The minimum absolute atomic E-state index is 0.0425. The molecule has 0 spiro atoms. The van der Waals surface area contributed by atoms with E-state index in [9.17, 15) is 9.59 Å². The average Bonchev–Trinajstić information content (AvgIpc) is 2.88. The zero-order chi connectivity index (χ0) is 25.3. The van der Waals surface area contributed by atoms with Gasteiger partial charge >= 0.3 is 0 Å². The fourth-order valence-electron chi connectivity index (χ4n) is 5.10. The molecule has 0 N–H and O–H groups in total. The van der Waals surface area contributed by atoms with E-state index in [-0.39, 0.29) is 11.3 Å². The van der Waals surface area contributed by atoms with E-state index in [4.69, 9.17) is 0 Å². The standard InChI is InChI=1S/C29H48N4O2/c1-5-6-7-8-9-10-27(34)32-23-19-31(20-24-32)16-15-29(2,3)26-13-11-25(12-14-26)28(35)33-21-17-30(4)18-22-33/h11-14H,5-10,15-24H2,1-4H3. The molecule has 2 saturated heterocycles. The molecule has 35 heavy (non-hydrogen) atoms. The summed E-state index contributed by atoms with van der Waals surface area (Å²) < 4.78 is 0. The van der Waals surface area contributed by atoms with Crippen LogP contribution in [0, 0.1) is 0 Å². The lowest BCUT2D eigenvalue weighted by Gasteiger charge is -2.37. The van der Waals surface area contributed by atoms with Crippen LogP contribution in [0.3, 0.4) is 0 Å². The van der Waals surface area contributed by atoms with Crippen LogP contribution in [-0.4, -0.2) is 97.4 Å². The van der Waals surface area contributed by atoms with Crippen molar-refractivity contribution in [3.8, 4) is 0 Å². The SMILES string of the molecule is CCCCCCCC(=O)N1CCN(CCC(C)(C)c2ccc(C(=O)N3CCN(C)CC3)cc2)CC1. The largest absolute Gasteiger partial charge is 0.340 e. The number of carbonyl (C=O) groups excluding carboxylic acids is 2. The molecule has 1 aromatic rings. The Hall–Kier alpha value is -1.92. The number of nitrogens with zero attached hydrogens (tertiary/aromatic N) is 4. The number of unbranched alkanes of at least 4 members (excludes halogenated alkanes) is 4. The number of piperazine rings is 2. The van der Waals surface area contributed by atoms with Gasteiger partial charge in [0.05, 0.1) is 0 Å². The Morgan fingerprint density at radius 3 is 2.03 bits per heavy atom. The first kappa shape index (κ1) is 27.7. The molecule has 0 unspecified atom stereocenters. The van der Waals surface area contributed by atoms with E-state index in [1.165, 1.54) is 31.2 Å². The summed E-state index contributed by atoms with van der Waals surface area (Å²) in [7, 11) is 2.11. The first-order valence-corrected chi connectivity index (χ1v) is 13.9. The van der Waals surface area contributed by atoms with Crippen molar-refractivity contribution in [3.05, 3.63) is 35.4 Å². The highest BCUT2D eigenvalue weighted by Crippen LogP contribution is 2.28. The van der Waals surface area contributed by atoms with Crippen molar-refractivity contribution in [1.82, 2.24) is 19.6 Å². The third kappa shape index (κ3) is 8.32. The maximum absolute atomic E-state index is 12.8. The summed E-state index contributed by atoms with van der Waals surface area (Å²) in [4.78, 5) is 34.2. The number of likely N-dealkylation sites (N-methyl/N-ethyl adjacent to an activating group) is 1. The van der Waals surface area contributed by atoms with Crippen LogP contribution in [-0.2, 0) is 10.2 Å². The van der Waals surface area contributed by atoms with Gasteiger partial charge in [-0.3, -0.25) is 14.5 Å². The fraction of sp³-hybridized carbons (Fsp3) is 0.724. The van der Waals surface area contributed by atoms with E-state index in [1.807, 2.05) is 17.0 Å². The maximum atomic E-state index is 12.8. The van der Waals surface area contributed by atoms with Crippen LogP contribution in [0.1, 0.15) is 81.6 Å². The molecule has 6 nitrogen and oxygen atoms in total. The highest BCUT2D eigenvalue weighted by atomic mass is 16.2. The molecule has 2 aliphatic heterocycles. The Bertz CT molecular complexity index is 791. The summed E-state index contributed by atoms with van der Waals surface area (Å²) in [6.45, 7) is 15.0. The predicted molar refractivity (Wildman–Crippen MR) is 144 cm³/mol. The van der Waals surface area contributed by atoms with Crippen molar-refractivity contribution in [2.24, 2.45) is 0 Å². The van der Waals surface area contributed by atoms with Crippen LogP contribution < -0.4 is 0 Å². The lowest BCUT2D eigenvalue weighted by atomic mass is 9.81. The third-order valence-electron chi connectivity index (χ3n) is 7.98. The number of hydrogen-bond donors (Lipinski definition) is 0. The molecular formula is C29H48N4O2. The van der Waals surface area contributed by atoms with E-state index in [0.717, 1.165) is 77.3 Å². The van der Waals surface area contributed by atoms with E-state index >= 15 is 0 Å². The molecule has 0 aliphatic carbocycles. The molecule has 0 atom stereocenters. The van der Waals surface area contributed by atoms with Crippen LogP contribution in [0.5, 0.6) is 0 Å². The van der Waals surface area contributed by atoms with Gasteiger partial charge in [-0.1, -0.05) is 58.6 Å². The Balaban J connectivity index is 1.40. The number of amides is 2. The fourth-order valence-corrected chi connectivity index (χ4v) is 5.10. The van der Waals surface area contributed by atoms with E-state index in [0.29, 0.717) is 12.3 Å². The first-order chi connectivity index (χ1) is 16.8. The normalized spacial score (nSPS) is 18.2. The van der Waals surface area contributed by atoms with Crippen LogP contribution in [0.4, 0.5) is 0 Å². The zero-order valence-corrected chi connectivity index (χ0v) is 22.7. The van der Waals surface area contributed by atoms with Gasteiger partial charge in [-0.25, -0.2) is 0 Å².